The number of nitrogens with one attached hydrogen (secondary N) is 2. The van der Waals surface area contributed by atoms with Gasteiger partial charge < -0.3 is 15.1 Å². The molecule has 0 spiro atoms. The van der Waals surface area contributed by atoms with E-state index in [1.165, 1.54) is 0 Å². The Morgan fingerprint density at radius 1 is 1.29 bits per heavy atom. The normalized spacial score (nSPS) is 11.5. The Kier molecular flexibility index (Phi) is 5.37. The Balaban J connectivity index is 1.97. The molecule has 0 aliphatic rings. The molecule has 0 radical (unpaired) electrons. The summed E-state index contributed by atoms with van der Waals surface area (Å²) in [7, 11) is 0. The number of aryl methyl sites for hydroxylation is 2. The van der Waals surface area contributed by atoms with Crippen molar-refractivity contribution in [1.82, 2.24) is 15.6 Å². The van der Waals surface area contributed by atoms with Gasteiger partial charge >= 0.3 is 0 Å². The lowest BCUT2D eigenvalue weighted by molar-refractivity contribution is 0.501. The molecule has 2 rings (SSSR count). The zero-order valence-electron chi connectivity index (χ0n) is 12.8. The SMILES string of the molecule is CCNC(=NCc1cc(C)oc1C)NCc1ccccn1. The smallest absolute Gasteiger partial charge is 0.191 e. The van der Waals surface area contributed by atoms with E-state index in [9.17, 15) is 0 Å². The molecule has 5 nitrogen and oxygen atoms in total. The molecule has 0 saturated heterocycles. The first-order valence-electron chi connectivity index (χ1n) is 7.17. The molecule has 2 aromatic heterocycles. The van der Waals surface area contributed by atoms with Crippen LogP contribution in [0.3, 0.4) is 0 Å². The van der Waals surface area contributed by atoms with E-state index in [-0.39, 0.29) is 0 Å². The molecule has 0 unspecified atom stereocenters. The molecule has 0 aromatic carbocycles. The van der Waals surface area contributed by atoms with Crippen molar-refractivity contribution in [2.75, 3.05) is 6.54 Å². The lowest BCUT2D eigenvalue weighted by Crippen LogP contribution is -2.37. The van der Waals surface area contributed by atoms with Gasteiger partial charge in [-0.05, 0) is 39.0 Å². The van der Waals surface area contributed by atoms with E-state index in [0.717, 1.165) is 35.3 Å². The van der Waals surface area contributed by atoms with Gasteiger partial charge in [0.15, 0.2) is 5.96 Å². The predicted molar refractivity (Wildman–Crippen MR) is 84.1 cm³/mol. The first-order valence-corrected chi connectivity index (χ1v) is 7.17. The summed E-state index contributed by atoms with van der Waals surface area (Å²) in [6.07, 6.45) is 1.79. The van der Waals surface area contributed by atoms with Crippen LogP contribution in [0.1, 0.15) is 29.7 Å². The summed E-state index contributed by atoms with van der Waals surface area (Å²) in [6.45, 7) is 8.02. The highest BCUT2D eigenvalue weighted by atomic mass is 16.3. The minimum atomic E-state index is 0.598. The van der Waals surface area contributed by atoms with Crippen LogP contribution in [0.15, 0.2) is 39.9 Å². The van der Waals surface area contributed by atoms with Gasteiger partial charge in [0.1, 0.15) is 11.5 Å². The minimum absolute atomic E-state index is 0.598. The standard InChI is InChI=1S/C16H22N4O/c1-4-17-16(20-11-15-7-5-6-8-18-15)19-10-14-9-12(2)21-13(14)3/h5-9H,4,10-11H2,1-3H3,(H2,17,19,20). The highest BCUT2D eigenvalue weighted by Gasteiger charge is 2.04. The zero-order chi connectivity index (χ0) is 15.1. The van der Waals surface area contributed by atoms with Crippen LogP contribution in [-0.4, -0.2) is 17.5 Å². The van der Waals surface area contributed by atoms with E-state index >= 15 is 0 Å². The minimum Gasteiger partial charge on any atom is -0.466 e. The summed E-state index contributed by atoms with van der Waals surface area (Å²) in [5.74, 6) is 2.63. The van der Waals surface area contributed by atoms with Gasteiger partial charge in [-0.15, -0.1) is 0 Å². The van der Waals surface area contributed by atoms with Crippen molar-refractivity contribution in [1.29, 1.82) is 0 Å². The Labute approximate surface area is 125 Å². The van der Waals surface area contributed by atoms with Crippen molar-refractivity contribution in [2.24, 2.45) is 4.99 Å². The van der Waals surface area contributed by atoms with Gasteiger partial charge in [-0.1, -0.05) is 6.07 Å². The number of furan rings is 1. The van der Waals surface area contributed by atoms with Crippen LogP contribution in [-0.2, 0) is 13.1 Å². The molecule has 2 N–H and O–H groups in total. The lowest BCUT2D eigenvalue weighted by Gasteiger charge is -2.10. The molecule has 0 saturated carbocycles. The van der Waals surface area contributed by atoms with Gasteiger partial charge in [0.05, 0.1) is 18.8 Å². The molecule has 2 heterocycles. The molecule has 0 amide bonds. The Morgan fingerprint density at radius 3 is 2.76 bits per heavy atom. The molecule has 0 aliphatic heterocycles. The third-order valence-corrected chi connectivity index (χ3v) is 3.06. The molecular weight excluding hydrogens is 264 g/mol. The molecule has 0 fully saturated rings. The van der Waals surface area contributed by atoms with Crippen molar-refractivity contribution in [3.05, 3.63) is 53.2 Å². The summed E-state index contributed by atoms with van der Waals surface area (Å²) in [6, 6.07) is 7.90. The maximum absolute atomic E-state index is 5.52. The van der Waals surface area contributed by atoms with Crippen molar-refractivity contribution in [3.8, 4) is 0 Å². The summed E-state index contributed by atoms with van der Waals surface area (Å²) in [5, 5.41) is 6.51. The zero-order valence-corrected chi connectivity index (χ0v) is 12.8. The monoisotopic (exact) mass is 286 g/mol. The van der Waals surface area contributed by atoms with E-state index in [1.807, 2.05) is 45.0 Å². The van der Waals surface area contributed by atoms with Gasteiger partial charge in [0, 0.05) is 18.3 Å². The number of rotatable bonds is 5. The van der Waals surface area contributed by atoms with Gasteiger partial charge in [-0.25, -0.2) is 4.99 Å². The van der Waals surface area contributed by atoms with Crippen LogP contribution < -0.4 is 10.6 Å². The lowest BCUT2D eigenvalue weighted by atomic mass is 10.2. The van der Waals surface area contributed by atoms with Crippen LogP contribution in [0, 0.1) is 13.8 Å². The predicted octanol–water partition coefficient (Wildman–Crippen LogP) is 2.55. The van der Waals surface area contributed by atoms with E-state index in [0.29, 0.717) is 13.1 Å². The van der Waals surface area contributed by atoms with E-state index in [4.69, 9.17) is 4.42 Å². The first-order chi connectivity index (χ1) is 10.2. The molecule has 5 heteroatoms. The van der Waals surface area contributed by atoms with Gasteiger partial charge in [0.2, 0.25) is 0 Å². The number of aliphatic imine (C=N–C) groups is 1. The molecule has 0 atom stereocenters. The second-order valence-electron chi connectivity index (χ2n) is 4.81. The molecular formula is C16H22N4O. The number of guanidine groups is 1. The van der Waals surface area contributed by atoms with Gasteiger partial charge in [-0.2, -0.15) is 0 Å². The van der Waals surface area contributed by atoms with Crippen molar-refractivity contribution in [3.63, 3.8) is 0 Å². The van der Waals surface area contributed by atoms with E-state index < -0.39 is 0 Å². The maximum Gasteiger partial charge on any atom is 0.191 e. The Hall–Kier alpha value is -2.30. The van der Waals surface area contributed by atoms with Crippen LogP contribution >= 0.6 is 0 Å². The third-order valence-electron chi connectivity index (χ3n) is 3.06. The molecule has 0 bridgehead atoms. The van der Waals surface area contributed by atoms with Crippen LogP contribution in [0.25, 0.3) is 0 Å². The molecule has 2 aromatic rings. The summed E-state index contributed by atoms with van der Waals surface area (Å²) < 4.78 is 5.52. The fourth-order valence-corrected chi connectivity index (χ4v) is 2.02. The van der Waals surface area contributed by atoms with E-state index in [1.54, 1.807) is 6.20 Å². The highest BCUT2D eigenvalue weighted by molar-refractivity contribution is 5.79. The number of hydrogen-bond donors (Lipinski definition) is 2. The highest BCUT2D eigenvalue weighted by Crippen LogP contribution is 2.14. The third kappa shape index (κ3) is 4.63. The Bertz CT molecular complexity index is 590. The number of hydrogen-bond acceptors (Lipinski definition) is 3. The van der Waals surface area contributed by atoms with Crippen LogP contribution in [0.4, 0.5) is 0 Å². The fraction of sp³-hybridized carbons (Fsp3) is 0.375. The van der Waals surface area contributed by atoms with E-state index in [2.05, 4.69) is 20.6 Å². The van der Waals surface area contributed by atoms with Crippen molar-refractivity contribution >= 4 is 5.96 Å². The maximum atomic E-state index is 5.52. The topological polar surface area (TPSA) is 62.5 Å². The molecule has 0 aliphatic carbocycles. The van der Waals surface area contributed by atoms with Crippen LogP contribution in [0.5, 0.6) is 0 Å². The second kappa shape index (κ2) is 7.47. The number of pyridine rings is 1. The van der Waals surface area contributed by atoms with Crippen LogP contribution in [0.2, 0.25) is 0 Å². The second-order valence-corrected chi connectivity index (χ2v) is 4.81. The van der Waals surface area contributed by atoms with Gasteiger partial charge in [0.25, 0.3) is 0 Å². The number of nitrogens with zero attached hydrogens (tertiary/aromatic N) is 2. The number of aromatic nitrogens is 1. The average Bonchev–Trinajstić information content (AvgIpc) is 2.81. The summed E-state index contributed by atoms with van der Waals surface area (Å²) in [5.41, 5.74) is 2.10. The summed E-state index contributed by atoms with van der Waals surface area (Å²) >= 11 is 0. The molecule has 112 valence electrons. The fourth-order valence-electron chi connectivity index (χ4n) is 2.02. The first kappa shape index (κ1) is 15.1. The van der Waals surface area contributed by atoms with Crippen molar-refractivity contribution in [2.45, 2.75) is 33.9 Å². The largest absolute Gasteiger partial charge is 0.466 e. The van der Waals surface area contributed by atoms with Crippen molar-refractivity contribution < 1.29 is 4.42 Å². The summed E-state index contributed by atoms with van der Waals surface area (Å²) in [4.78, 5) is 8.87. The van der Waals surface area contributed by atoms with Gasteiger partial charge in [-0.3, -0.25) is 4.98 Å². The molecule has 21 heavy (non-hydrogen) atoms. The Morgan fingerprint density at radius 2 is 2.14 bits per heavy atom. The quantitative estimate of drug-likeness (QED) is 0.655. The average molecular weight is 286 g/mol.